The van der Waals surface area contributed by atoms with E-state index < -0.39 is 16.1 Å². The number of nitrogens with zero attached hydrogens (tertiary/aromatic N) is 2. The van der Waals surface area contributed by atoms with Crippen LogP contribution in [0.2, 0.25) is 5.02 Å². The molecule has 1 atom stereocenters. The fourth-order valence-corrected chi connectivity index (χ4v) is 7.08. The maximum atomic E-state index is 14.1. The van der Waals surface area contributed by atoms with Gasteiger partial charge < -0.3 is 15.0 Å². The van der Waals surface area contributed by atoms with Crippen molar-refractivity contribution in [3.05, 3.63) is 94.5 Å². The lowest BCUT2D eigenvalue weighted by Gasteiger charge is -2.34. The number of ether oxygens (including phenoxy) is 1. The fraction of sp³-hybridized carbons (Fsp3) is 0.429. The highest BCUT2D eigenvalue weighted by atomic mass is 35.5. The van der Waals surface area contributed by atoms with Gasteiger partial charge in [0.1, 0.15) is 11.8 Å². The van der Waals surface area contributed by atoms with Crippen LogP contribution in [0.3, 0.4) is 0 Å². The lowest BCUT2D eigenvalue weighted by molar-refractivity contribution is -0.141. The van der Waals surface area contributed by atoms with Gasteiger partial charge in [-0.15, -0.1) is 0 Å². The van der Waals surface area contributed by atoms with Crippen molar-refractivity contribution in [1.29, 1.82) is 0 Å². The molecule has 0 aromatic heterocycles. The molecule has 1 saturated carbocycles. The average molecular weight is 654 g/mol. The van der Waals surface area contributed by atoms with E-state index in [1.54, 1.807) is 30.2 Å². The van der Waals surface area contributed by atoms with Gasteiger partial charge in [-0.25, -0.2) is 8.42 Å². The van der Waals surface area contributed by atoms with Crippen LogP contribution in [0.5, 0.6) is 5.75 Å². The van der Waals surface area contributed by atoms with Gasteiger partial charge in [-0.3, -0.25) is 13.9 Å². The number of hydrogen-bond acceptors (Lipinski definition) is 5. The van der Waals surface area contributed by atoms with E-state index in [2.05, 4.69) is 5.32 Å². The molecule has 0 spiro atoms. The number of aryl methyl sites for hydroxylation is 1. The first kappa shape index (κ1) is 34.3. The van der Waals surface area contributed by atoms with Crippen LogP contribution >= 0.6 is 11.6 Å². The highest BCUT2D eigenvalue weighted by molar-refractivity contribution is 7.92. The molecule has 1 aliphatic carbocycles. The number of amides is 2. The molecule has 2 amide bonds. The van der Waals surface area contributed by atoms with E-state index in [1.807, 2.05) is 61.5 Å². The van der Waals surface area contributed by atoms with Gasteiger partial charge in [0, 0.05) is 37.0 Å². The van der Waals surface area contributed by atoms with Crippen LogP contribution in [-0.4, -0.2) is 57.1 Å². The Balaban J connectivity index is 1.62. The maximum Gasteiger partial charge on any atom is 0.243 e. The van der Waals surface area contributed by atoms with Crippen molar-refractivity contribution >= 4 is 39.1 Å². The second kappa shape index (κ2) is 16.1. The molecule has 3 aromatic carbocycles. The van der Waals surface area contributed by atoms with Crippen LogP contribution in [0.25, 0.3) is 0 Å². The van der Waals surface area contributed by atoms with Crippen LogP contribution in [0.4, 0.5) is 5.69 Å². The maximum absolute atomic E-state index is 14.1. The Labute approximate surface area is 272 Å². The quantitative estimate of drug-likeness (QED) is 0.221. The number of hydrogen-bond donors (Lipinski definition) is 1. The Morgan fingerprint density at radius 1 is 0.978 bits per heavy atom. The lowest BCUT2D eigenvalue weighted by atomic mass is 9.94. The number of methoxy groups -OCH3 is 1. The lowest BCUT2D eigenvalue weighted by Crippen LogP contribution is -2.52. The van der Waals surface area contributed by atoms with E-state index in [9.17, 15) is 18.0 Å². The van der Waals surface area contributed by atoms with E-state index in [-0.39, 0.29) is 43.8 Å². The summed E-state index contributed by atoms with van der Waals surface area (Å²) in [5, 5.41) is 3.68. The molecular formula is C35H44ClN3O5S. The Kier molecular flexibility index (Phi) is 12.3. The summed E-state index contributed by atoms with van der Waals surface area (Å²) in [5.74, 6) is 0.259. The van der Waals surface area contributed by atoms with Crippen molar-refractivity contribution in [3.63, 3.8) is 0 Å². The third-order valence-electron chi connectivity index (χ3n) is 8.30. The number of rotatable bonds is 14. The van der Waals surface area contributed by atoms with Crippen LogP contribution in [-0.2, 0) is 32.6 Å². The third-order valence-corrected chi connectivity index (χ3v) is 9.72. The number of carbonyl (C=O) groups excluding carboxylic acids is 2. The largest absolute Gasteiger partial charge is 0.497 e. The molecule has 45 heavy (non-hydrogen) atoms. The topological polar surface area (TPSA) is 96.0 Å². The number of halogens is 1. The number of benzene rings is 3. The van der Waals surface area contributed by atoms with Gasteiger partial charge in [0.25, 0.3) is 0 Å². The highest BCUT2D eigenvalue weighted by Gasteiger charge is 2.32. The molecule has 0 saturated heterocycles. The van der Waals surface area contributed by atoms with Crippen LogP contribution in [0.15, 0.2) is 72.8 Å². The molecule has 0 heterocycles. The number of carbonyl (C=O) groups is 2. The van der Waals surface area contributed by atoms with E-state index in [4.69, 9.17) is 16.3 Å². The van der Waals surface area contributed by atoms with Crippen molar-refractivity contribution in [2.45, 2.75) is 76.9 Å². The molecule has 0 radical (unpaired) electrons. The smallest absolute Gasteiger partial charge is 0.243 e. The first-order valence-corrected chi connectivity index (χ1v) is 17.8. The zero-order valence-electron chi connectivity index (χ0n) is 26.4. The monoisotopic (exact) mass is 653 g/mol. The van der Waals surface area contributed by atoms with Crippen molar-refractivity contribution in [2.75, 3.05) is 24.2 Å². The summed E-state index contributed by atoms with van der Waals surface area (Å²) in [6, 6.07) is 21.6. The minimum atomic E-state index is -3.65. The summed E-state index contributed by atoms with van der Waals surface area (Å²) in [5.41, 5.74) is 3.03. The van der Waals surface area contributed by atoms with Gasteiger partial charge in [-0.2, -0.15) is 0 Å². The molecule has 4 rings (SSSR count). The van der Waals surface area contributed by atoms with Crippen LogP contribution < -0.4 is 14.4 Å². The fourth-order valence-electron chi connectivity index (χ4n) is 5.90. The van der Waals surface area contributed by atoms with Gasteiger partial charge in [0.05, 0.1) is 19.1 Å². The van der Waals surface area contributed by atoms with Crippen LogP contribution in [0, 0.1) is 6.92 Å². The predicted molar refractivity (Wildman–Crippen MR) is 180 cm³/mol. The predicted octanol–water partition coefficient (Wildman–Crippen LogP) is 6.29. The second-order valence-electron chi connectivity index (χ2n) is 11.8. The van der Waals surface area contributed by atoms with Crippen LogP contribution in [0.1, 0.15) is 61.6 Å². The molecule has 3 aromatic rings. The van der Waals surface area contributed by atoms with Crippen molar-refractivity contribution < 1.29 is 22.7 Å². The van der Waals surface area contributed by atoms with Gasteiger partial charge in [-0.05, 0) is 67.1 Å². The third kappa shape index (κ3) is 9.96. The molecule has 1 N–H and O–H groups in total. The Bertz CT molecular complexity index is 1540. The zero-order chi connectivity index (χ0) is 32.4. The highest BCUT2D eigenvalue weighted by Crippen LogP contribution is 2.27. The first-order chi connectivity index (χ1) is 21.5. The Morgan fingerprint density at radius 2 is 1.69 bits per heavy atom. The summed E-state index contributed by atoms with van der Waals surface area (Å²) < 4.78 is 32.4. The van der Waals surface area contributed by atoms with Crippen molar-refractivity contribution in [1.82, 2.24) is 10.2 Å². The van der Waals surface area contributed by atoms with Crippen molar-refractivity contribution in [2.24, 2.45) is 0 Å². The summed E-state index contributed by atoms with van der Waals surface area (Å²) in [7, 11) is -2.06. The molecule has 1 unspecified atom stereocenters. The standard InChI is InChI=1S/C35H44ClN3O5S/c1-26-19-20-29(36)24-32(26)39(45(3,42)43)21-11-18-34(40)38(25-28-14-10-17-31(22-28)44-2)33(23-27-12-6-4-7-13-27)35(41)37-30-15-8-5-9-16-30/h4,6-7,10,12-14,17,19-20,22,24,30,33H,5,8-9,11,15-16,18,21,23,25H2,1-3H3,(H,37,41). The minimum absolute atomic E-state index is 0.0532. The molecule has 10 heteroatoms. The number of nitrogens with one attached hydrogen (secondary N) is 1. The molecular weight excluding hydrogens is 610 g/mol. The molecule has 0 bridgehead atoms. The molecule has 8 nitrogen and oxygen atoms in total. The molecule has 0 aliphatic heterocycles. The van der Waals surface area contributed by atoms with Gasteiger partial charge in [0.2, 0.25) is 21.8 Å². The summed E-state index contributed by atoms with van der Waals surface area (Å²) >= 11 is 6.21. The summed E-state index contributed by atoms with van der Waals surface area (Å²) in [6.07, 6.45) is 6.98. The summed E-state index contributed by atoms with van der Waals surface area (Å²) in [4.78, 5) is 29.8. The van der Waals surface area contributed by atoms with E-state index in [1.165, 1.54) is 10.7 Å². The van der Waals surface area contributed by atoms with Gasteiger partial charge in [0.15, 0.2) is 0 Å². The number of anilines is 1. The molecule has 1 aliphatic rings. The van der Waals surface area contributed by atoms with E-state index in [0.29, 0.717) is 22.9 Å². The number of sulfonamides is 1. The molecule has 1 fully saturated rings. The Morgan fingerprint density at radius 3 is 2.38 bits per heavy atom. The van der Waals surface area contributed by atoms with Crippen molar-refractivity contribution in [3.8, 4) is 5.75 Å². The first-order valence-electron chi connectivity index (χ1n) is 15.6. The van der Waals surface area contributed by atoms with E-state index in [0.717, 1.165) is 48.6 Å². The van der Waals surface area contributed by atoms with Gasteiger partial charge >= 0.3 is 0 Å². The van der Waals surface area contributed by atoms with E-state index >= 15 is 0 Å². The minimum Gasteiger partial charge on any atom is -0.497 e. The summed E-state index contributed by atoms with van der Waals surface area (Å²) in [6.45, 7) is 2.12. The SMILES string of the molecule is COc1cccc(CN(C(=O)CCCN(c2cc(Cl)ccc2C)S(C)(=O)=O)C(Cc2ccccc2)C(=O)NC2CCCCC2)c1. The average Bonchev–Trinajstić information content (AvgIpc) is 3.02. The molecule has 242 valence electrons. The zero-order valence-corrected chi connectivity index (χ0v) is 27.9. The van der Waals surface area contributed by atoms with Gasteiger partial charge in [-0.1, -0.05) is 79.4 Å². The normalized spacial score (nSPS) is 14.4. The second-order valence-corrected chi connectivity index (χ2v) is 14.1. The Hall–Kier alpha value is -3.56.